The van der Waals surface area contributed by atoms with Crippen LogP contribution in [-0.2, 0) is 11.3 Å². The standard InChI is InChI=1S/C26H38N8O3/c1-32-10-12-34(13-11-32)26-27-21-17-23(37-14-6-9-33-7-4-5-8-33)22(36-3)16-20(21)25(29-26)28-24-15-19(18-35-2)30-31-24/h15-17H,4-14,18H2,1-3H3,(H2,27,28,29,30,31). The number of anilines is 3. The molecule has 0 amide bonds. The maximum absolute atomic E-state index is 6.20. The summed E-state index contributed by atoms with van der Waals surface area (Å²) in [6.45, 7) is 8.24. The van der Waals surface area contributed by atoms with Gasteiger partial charge >= 0.3 is 0 Å². The van der Waals surface area contributed by atoms with Gasteiger partial charge in [0.25, 0.3) is 0 Å². The van der Waals surface area contributed by atoms with Crippen LogP contribution in [-0.4, -0.2) is 104 Å². The molecule has 0 bridgehead atoms. The zero-order valence-corrected chi connectivity index (χ0v) is 22.1. The smallest absolute Gasteiger partial charge is 0.227 e. The van der Waals surface area contributed by atoms with E-state index in [4.69, 9.17) is 24.2 Å². The largest absolute Gasteiger partial charge is 0.493 e. The number of nitrogens with one attached hydrogen (secondary N) is 2. The van der Waals surface area contributed by atoms with Gasteiger partial charge in [-0.3, -0.25) is 5.10 Å². The summed E-state index contributed by atoms with van der Waals surface area (Å²) >= 11 is 0. The Bertz CT molecular complexity index is 1170. The summed E-state index contributed by atoms with van der Waals surface area (Å²) in [5.41, 5.74) is 1.68. The number of hydrogen-bond acceptors (Lipinski definition) is 10. The minimum Gasteiger partial charge on any atom is -0.493 e. The Hall–Kier alpha value is -3.15. The van der Waals surface area contributed by atoms with E-state index in [2.05, 4.69) is 37.3 Å². The summed E-state index contributed by atoms with van der Waals surface area (Å²) in [6.07, 6.45) is 3.58. The van der Waals surface area contributed by atoms with E-state index in [-0.39, 0.29) is 0 Å². The fraction of sp³-hybridized carbons (Fsp3) is 0.577. The fourth-order valence-corrected chi connectivity index (χ4v) is 4.89. The average Bonchev–Trinajstić information content (AvgIpc) is 3.59. The van der Waals surface area contributed by atoms with Gasteiger partial charge in [0.2, 0.25) is 5.95 Å². The van der Waals surface area contributed by atoms with Crippen molar-refractivity contribution in [3.05, 3.63) is 23.9 Å². The van der Waals surface area contributed by atoms with Crippen molar-refractivity contribution >= 4 is 28.5 Å². The molecule has 2 fully saturated rings. The number of aromatic nitrogens is 4. The minimum atomic E-state index is 0.456. The Kier molecular flexibility index (Phi) is 8.22. The number of rotatable bonds is 11. The van der Waals surface area contributed by atoms with E-state index in [0.29, 0.717) is 42.3 Å². The predicted molar refractivity (Wildman–Crippen MR) is 144 cm³/mol. The lowest BCUT2D eigenvalue weighted by atomic mass is 10.2. The van der Waals surface area contributed by atoms with E-state index in [1.165, 1.54) is 25.9 Å². The van der Waals surface area contributed by atoms with Crippen molar-refractivity contribution in [1.29, 1.82) is 0 Å². The Morgan fingerprint density at radius 1 is 0.973 bits per heavy atom. The van der Waals surface area contributed by atoms with Gasteiger partial charge in [-0.25, -0.2) is 4.98 Å². The van der Waals surface area contributed by atoms with Crippen molar-refractivity contribution in [2.24, 2.45) is 0 Å². The summed E-state index contributed by atoms with van der Waals surface area (Å²) in [4.78, 5) is 16.9. The lowest BCUT2D eigenvalue weighted by molar-refractivity contribution is 0.181. The molecule has 0 aliphatic carbocycles. The highest BCUT2D eigenvalue weighted by molar-refractivity contribution is 5.94. The molecule has 3 aromatic rings. The van der Waals surface area contributed by atoms with Crippen LogP contribution in [0.1, 0.15) is 25.0 Å². The average molecular weight is 511 g/mol. The Labute approximate surface area is 218 Å². The number of aromatic amines is 1. The van der Waals surface area contributed by atoms with Gasteiger partial charge in [-0.1, -0.05) is 0 Å². The molecule has 2 saturated heterocycles. The van der Waals surface area contributed by atoms with Gasteiger partial charge in [-0.15, -0.1) is 0 Å². The number of methoxy groups -OCH3 is 2. The highest BCUT2D eigenvalue weighted by Gasteiger charge is 2.21. The predicted octanol–water partition coefficient (Wildman–Crippen LogP) is 2.87. The molecule has 11 heteroatoms. The molecule has 2 aliphatic heterocycles. The number of ether oxygens (including phenoxy) is 3. The van der Waals surface area contributed by atoms with Gasteiger partial charge in [0.05, 0.1) is 31.5 Å². The molecular formula is C26H38N8O3. The number of benzene rings is 1. The number of piperazine rings is 1. The molecule has 11 nitrogen and oxygen atoms in total. The molecule has 0 atom stereocenters. The molecule has 2 aromatic heterocycles. The van der Waals surface area contributed by atoms with E-state index in [1.807, 2.05) is 18.2 Å². The lowest BCUT2D eigenvalue weighted by Gasteiger charge is -2.32. The second-order valence-electron chi connectivity index (χ2n) is 9.77. The molecule has 4 heterocycles. The summed E-state index contributed by atoms with van der Waals surface area (Å²) < 4.78 is 17.1. The van der Waals surface area contributed by atoms with E-state index in [0.717, 1.165) is 55.7 Å². The van der Waals surface area contributed by atoms with Gasteiger partial charge in [0, 0.05) is 57.4 Å². The number of fused-ring (bicyclic) bond motifs is 1. The zero-order chi connectivity index (χ0) is 25.6. The number of likely N-dealkylation sites (N-methyl/N-ethyl adjacent to an activating group) is 1. The van der Waals surface area contributed by atoms with Crippen LogP contribution in [0.4, 0.5) is 17.6 Å². The third kappa shape index (κ3) is 6.23. The monoisotopic (exact) mass is 510 g/mol. The molecule has 0 unspecified atom stereocenters. The van der Waals surface area contributed by atoms with Crippen molar-refractivity contribution in [2.75, 3.05) is 83.9 Å². The van der Waals surface area contributed by atoms with E-state index < -0.39 is 0 Å². The minimum absolute atomic E-state index is 0.456. The van der Waals surface area contributed by atoms with E-state index >= 15 is 0 Å². The van der Waals surface area contributed by atoms with Crippen molar-refractivity contribution < 1.29 is 14.2 Å². The molecular weight excluding hydrogens is 472 g/mol. The molecule has 0 radical (unpaired) electrons. The van der Waals surface area contributed by atoms with Gasteiger partial charge in [0.15, 0.2) is 17.3 Å². The summed E-state index contributed by atoms with van der Waals surface area (Å²) in [6, 6.07) is 5.84. The second-order valence-corrected chi connectivity index (χ2v) is 9.77. The molecule has 0 saturated carbocycles. The Balaban J connectivity index is 1.43. The van der Waals surface area contributed by atoms with Crippen LogP contribution in [0, 0.1) is 0 Å². The van der Waals surface area contributed by atoms with Crippen molar-refractivity contribution in [3.63, 3.8) is 0 Å². The quantitative estimate of drug-likeness (QED) is 0.374. The van der Waals surface area contributed by atoms with Gasteiger partial charge < -0.3 is 34.2 Å². The van der Waals surface area contributed by atoms with Crippen LogP contribution in [0.15, 0.2) is 18.2 Å². The molecule has 200 valence electrons. The maximum atomic E-state index is 6.20. The molecule has 0 spiro atoms. The summed E-state index contributed by atoms with van der Waals surface area (Å²) in [7, 11) is 5.46. The Morgan fingerprint density at radius 3 is 2.54 bits per heavy atom. The number of nitrogens with zero attached hydrogens (tertiary/aromatic N) is 6. The zero-order valence-electron chi connectivity index (χ0n) is 22.1. The Morgan fingerprint density at radius 2 is 1.78 bits per heavy atom. The molecule has 37 heavy (non-hydrogen) atoms. The first-order valence-electron chi connectivity index (χ1n) is 13.1. The molecule has 5 rings (SSSR count). The third-order valence-electron chi connectivity index (χ3n) is 7.01. The SMILES string of the molecule is COCc1cc(Nc2nc(N3CCN(C)CC3)nc3cc(OCCCN4CCCC4)c(OC)cc23)n[nH]1. The normalized spacial score (nSPS) is 17.0. The first-order valence-corrected chi connectivity index (χ1v) is 13.1. The van der Waals surface area contributed by atoms with Gasteiger partial charge in [-0.2, -0.15) is 10.1 Å². The maximum Gasteiger partial charge on any atom is 0.227 e. The molecule has 1 aromatic carbocycles. The van der Waals surface area contributed by atoms with Gasteiger partial charge in [-0.05, 0) is 45.5 Å². The van der Waals surface area contributed by atoms with Crippen LogP contribution in [0.3, 0.4) is 0 Å². The van der Waals surface area contributed by atoms with Crippen molar-refractivity contribution in [3.8, 4) is 11.5 Å². The summed E-state index contributed by atoms with van der Waals surface area (Å²) in [5, 5.41) is 11.6. The third-order valence-corrected chi connectivity index (χ3v) is 7.01. The topological polar surface area (TPSA) is 104 Å². The molecule has 2 aliphatic rings. The first-order chi connectivity index (χ1) is 18.1. The second kappa shape index (κ2) is 11.9. The highest BCUT2D eigenvalue weighted by Crippen LogP contribution is 2.36. The van der Waals surface area contributed by atoms with Crippen LogP contribution >= 0.6 is 0 Å². The van der Waals surface area contributed by atoms with Crippen LogP contribution in [0.25, 0.3) is 10.9 Å². The van der Waals surface area contributed by atoms with Crippen LogP contribution < -0.4 is 19.7 Å². The first kappa shape index (κ1) is 25.5. The van der Waals surface area contributed by atoms with Crippen molar-refractivity contribution in [2.45, 2.75) is 25.9 Å². The summed E-state index contributed by atoms with van der Waals surface area (Å²) in [5.74, 6) is 3.40. The molecule has 2 N–H and O–H groups in total. The number of H-pyrrole nitrogens is 1. The number of likely N-dealkylation sites (tertiary alicyclic amines) is 1. The van der Waals surface area contributed by atoms with Crippen LogP contribution in [0.2, 0.25) is 0 Å². The van der Waals surface area contributed by atoms with E-state index in [1.54, 1.807) is 14.2 Å². The highest BCUT2D eigenvalue weighted by atomic mass is 16.5. The number of hydrogen-bond donors (Lipinski definition) is 2. The van der Waals surface area contributed by atoms with E-state index in [9.17, 15) is 0 Å². The fourth-order valence-electron chi connectivity index (χ4n) is 4.89. The lowest BCUT2D eigenvalue weighted by Crippen LogP contribution is -2.45. The van der Waals surface area contributed by atoms with Gasteiger partial charge in [0.1, 0.15) is 5.82 Å². The van der Waals surface area contributed by atoms with Crippen molar-refractivity contribution in [1.82, 2.24) is 30.0 Å². The van der Waals surface area contributed by atoms with Crippen LogP contribution in [0.5, 0.6) is 11.5 Å².